The lowest BCUT2D eigenvalue weighted by Crippen LogP contribution is -2.47. The summed E-state index contributed by atoms with van der Waals surface area (Å²) in [6.45, 7) is 9.21. The third kappa shape index (κ3) is 3.52. The summed E-state index contributed by atoms with van der Waals surface area (Å²) in [5.41, 5.74) is 5.60. The van der Waals surface area contributed by atoms with Crippen LogP contribution in [0.1, 0.15) is 20.8 Å². The second-order valence-corrected chi connectivity index (χ2v) is 4.75. The molecule has 2 N–H and O–H groups in total. The van der Waals surface area contributed by atoms with Crippen molar-refractivity contribution in [3.05, 3.63) is 0 Å². The summed E-state index contributed by atoms with van der Waals surface area (Å²) >= 11 is 4.97. The smallest absolute Gasteiger partial charge is 0.0768 e. The lowest BCUT2D eigenvalue weighted by molar-refractivity contribution is -0.0692. The average Bonchev–Trinajstić information content (AvgIpc) is 2.01. The van der Waals surface area contributed by atoms with Gasteiger partial charge in [0.2, 0.25) is 0 Å². The van der Waals surface area contributed by atoms with Gasteiger partial charge in [-0.05, 0) is 13.8 Å². The number of hydrogen-bond acceptors (Lipinski definition) is 3. The minimum atomic E-state index is 0.294. The van der Waals surface area contributed by atoms with Crippen molar-refractivity contribution < 1.29 is 4.74 Å². The van der Waals surface area contributed by atoms with Crippen molar-refractivity contribution in [3.8, 4) is 0 Å². The van der Waals surface area contributed by atoms with E-state index in [1.165, 1.54) is 0 Å². The second kappa shape index (κ2) is 5.05. The zero-order chi connectivity index (χ0) is 10.7. The van der Waals surface area contributed by atoms with Crippen molar-refractivity contribution in [1.82, 2.24) is 4.90 Å². The van der Waals surface area contributed by atoms with E-state index in [-0.39, 0.29) is 0 Å². The van der Waals surface area contributed by atoms with Gasteiger partial charge in [-0.15, -0.1) is 0 Å². The first-order valence-electron chi connectivity index (χ1n) is 5.16. The predicted octanol–water partition coefficient (Wildman–Crippen LogP) is 1.02. The highest BCUT2D eigenvalue weighted by atomic mass is 32.1. The predicted molar refractivity (Wildman–Crippen MR) is 62.4 cm³/mol. The Morgan fingerprint density at radius 1 is 1.50 bits per heavy atom. The third-order valence-corrected chi connectivity index (χ3v) is 2.92. The van der Waals surface area contributed by atoms with E-state index < -0.39 is 0 Å². The minimum Gasteiger partial charge on any atom is -0.393 e. The molecule has 3 atom stereocenters. The summed E-state index contributed by atoms with van der Waals surface area (Å²) in [6.07, 6.45) is 0.634. The monoisotopic (exact) mass is 216 g/mol. The first-order valence-corrected chi connectivity index (χ1v) is 5.57. The van der Waals surface area contributed by atoms with Gasteiger partial charge in [0.05, 0.1) is 17.2 Å². The SMILES string of the molecule is CC1CN(CC(C)C(N)=S)CC(C)O1. The highest BCUT2D eigenvalue weighted by Gasteiger charge is 2.23. The highest BCUT2D eigenvalue weighted by Crippen LogP contribution is 2.12. The first-order chi connectivity index (χ1) is 6.49. The maximum atomic E-state index is 5.65. The van der Waals surface area contributed by atoms with E-state index in [2.05, 4.69) is 25.7 Å². The van der Waals surface area contributed by atoms with Crippen LogP contribution in [0.2, 0.25) is 0 Å². The van der Waals surface area contributed by atoms with Crippen molar-refractivity contribution in [2.24, 2.45) is 11.7 Å². The lowest BCUT2D eigenvalue weighted by Gasteiger charge is -2.36. The molecule has 3 nitrogen and oxygen atoms in total. The topological polar surface area (TPSA) is 38.5 Å². The van der Waals surface area contributed by atoms with E-state index >= 15 is 0 Å². The molecule has 0 saturated carbocycles. The molecule has 1 aliphatic heterocycles. The Bertz CT molecular complexity index is 200. The molecule has 0 aromatic heterocycles. The van der Waals surface area contributed by atoms with Crippen LogP contribution in [0.25, 0.3) is 0 Å². The van der Waals surface area contributed by atoms with Crippen LogP contribution in [0.5, 0.6) is 0 Å². The molecule has 14 heavy (non-hydrogen) atoms. The summed E-state index contributed by atoms with van der Waals surface area (Å²) in [4.78, 5) is 2.99. The Balaban J connectivity index is 2.40. The molecule has 0 aromatic carbocycles. The van der Waals surface area contributed by atoms with E-state index in [4.69, 9.17) is 22.7 Å². The molecule has 4 heteroatoms. The standard InChI is InChI=1S/C10H20N2OS/c1-7(10(11)14)4-12-5-8(2)13-9(3)6-12/h7-9H,4-6H2,1-3H3,(H2,11,14). The molecule has 1 saturated heterocycles. The second-order valence-electron chi connectivity index (χ2n) is 4.28. The van der Waals surface area contributed by atoms with Crippen LogP contribution in [0.15, 0.2) is 0 Å². The van der Waals surface area contributed by atoms with Gasteiger partial charge in [0.25, 0.3) is 0 Å². The van der Waals surface area contributed by atoms with Crippen molar-refractivity contribution in [3.63, 3.8) is 0 Å². The Kier molecular flexibility index (Phi) is 4.29. The molecule has 0 bridgehead atoms. The number of hydrogen-bond donors (Lipinski definition) is 1. The number of nitrogens with zero attached hydrogens (tertiary/aromatic N) is 1. The molecule has 1 fully saturated rings. The fourth-order valence-electron chi connectivity index (χ4n) is 1.91. The number of thiocarbonyl (C=S) groups is 1. The summed E-state index contributed by atoms with van der Waals surface area (Å²) < 4.78 is 5.65. The zero-order valence-electron chi connectivity index (χ0n) is 9.19. The number of morpholine rings is 1. The zero-order valence-corrected chi connectivity index (χ0v) is 10.0. The first kappa shape index (κ1) is 11.9. The quantitative estimate of drug-likeness (QED) is 0.715. The van der Waals surface area contributed by atoms with Crippen molar-refractivity contribution in [1.29, 1.82) is 0 Å². The molecule has 82 valence electrons. The Morgan fingerprint density at radius 2 is 2.00 bits per heavy atom. The van der Waals surface area contributed by atoms with Gasteiger partial charge in [-0.25, -0.2) is 0 Å². The number of nitrogens with two attached hydrogens (primary N) is 1. The molecule has 0 radical (unpaired) electrons. The minimum absolute atomic E-state index is 0.294. The Hall–Kier alpha value is -0.190. The van der Waals surface area contributed by atoms with Gasteiger partial charge in [-0.3, -0.25) is 4.90 Å². The van der Waals surface area contributed by atoms with Gasteiger partial charge < -0.3 is 10.5 Å². The maximum Gasteiger partial charge on any atom is 0.0768 e. The van der Waals surface area contributed by atoms with E-state index in [1.807, 2.05) is 0 Å². The van der Waals surface area contributed by atoms with Crippen molar-refractivity contribution >= 4 is 17.2 Å². The average molecular weight is 216 g/mol. The van der Waals surface area contributed by atoms with Gasteiger partial charge in [0.1, 0.15) is 0 Å². The van der Waals surface area contributed by atoms with Crippen molar-refractivity contribution in [2.75, 3.05) is 19.6 Å². The molecule has 3 unspecified atom stereocenters. The van der Waals surface area contributed by atoms with E-state index in [9.17, 15) is 0 Å². The van der Waals surface area contributed by atoms with Gasteiger partial charge in [0.15, 0.2) is 0 Å². The van der Waals surface area contributed by atoms with Gasteiger partial charge in [-0.1, -0.05) is 19.1 Å². The molecule has 1 heterocycles. The summed E-state index contributed by atoms with van der Waals surface area (Å²) in [5.74, 6) is 0.294. The van der Waals surface area contributed by atoms with E-state index in [0.717, 1.165) is 19.6 Å². The van der Waals surface area contributed by atoms with Gasteiger partial charge in [0, 0.05) is 25.6 Å². The molecule has 0 amide bonds. The van der Waals surface area contributed by atoms with Crippen molar-refractivity contribution in [2.45, 2.75) is 33.0 Å². The van der Waals surface area contributed by atoms with Crippen LogP contribution < -0.4 is 5.73 Å². The molecule has 1 rings (SSSR count). The maximum absolute atomic E-state index is 5.65. The fourth-order valence-corrected chi connectivity index (χ4v) is 1.99. The fraction of sp³-hybridized carbons (Fsp3) is 0.900. The molecule has 0 spiro atoms. The summed E-state index contributed by atoms with van der Waals surface area (Å²) in [6, 6.07) is 0. The molecule has 0 aliphatic carbocycles. The Morgan fingerprint density at radius 3 is 2.43 bits per heavy atom. The van der Waals surface area contributed by atoms with Crippen LogP contribution in [0, 0.1) is 5.92 Å². The third-order valence-electron chi connectivity index (χ3n) is 2.51. The summed E-state index contributed by atoms with van der Waals surface area (Å²) in [7, 11) is 0. The van der Waals surface area contributed by atoms with Crippen LogP contribution in [-0.4, -0.2) is 41.7 Å². The van der Waals surface area contributed by atoms with Crippen LogP contribution >= 0.6 is 12.2 Å². The molecule has 1 aliphatic rings. The van der Waals surface area contributed by atoms with Gasteiger partial charge >= 0.3 is 0 Å². The molecular weight excluding hydrogens is 196 g/mol. The van der Waals surface area contributed by atoms with Gasteiger partial charge in [-0.2, -0.15) is 0 Å². The molecular formula is C10H20N2OS. The van der Waals surface area contributed by atoms with E-state index in [1.54, 1.807) is 0 Å². The van der Waals surface area contributed by atoms with Crippen LogP contribution in [0.3, 0.4) is 0 Å². The van der Waals surface area contributed by atoms with Crippen LogP contribution in [0.4, 0.5) is 0 Å². The normalized spacial score (nSPS) is 31.4. The number of ether oxygens (including phenoxy) is 1. The number of rotatable bonds is 3. The van der Waals surface area contributed by atoms with E-state index in [0.29, 0.717) is 23.1 Å². The van der Waals surface area contributed by atoms with Crippen LogP contribution in [-0.2, 0) is 4.74 Å². The largest absolute Gasteiger partial charge is 0.393 e. The molecule has 0 aromatic rings. The lowest BCUT2D eigenvalue weighted by atomic mass is 10.1. The Labute approximate surface area is 91.6 Å². The summed E-state index contributed by atoms with van der Waals surface area (Å²) in [5, 5.41) is 0. The highest BCUT2D eigenvalue weighted by molar-refractivity contribution is 7.80.